The molecule has 1 amide bonds. The molecule has 0 aromatic heterocycles. The Kier molecular flexibility index (Phi) is 7.13. The smallest absolute Gasteiger partial charge is 0.302 e. The van der Waals surface area contributed by atoms with Crippen molar-refractivity contribution in [1.29, 1.82) is 0 Å². The van der Waals surface area contributed by atoms with Gasteiger partial charge in [0.1, 0.15) is 12.4 Å². The van der Waals surface area contributed by atoms with Gasteiger partial charge in [-0.05, 0) is 43.0 Å². The van der Waals surface area contributed by atoms with E-state index in [1.165, 1.54) is 19.9 Å². The number of ether oxygens (including phenoxy) is 1. The number of nitrogens with one attached hydrogen (secondary N) is 1. The normalized spacial score (nSPS) is 12.9. The fraction of sp³-hybridized carbons (Fsp3) is 0.333. The third-order valence-electron chi connectivity index (χ3n) is 4.23. The van der Waals surface area contributed by atoms with Gasteiger partial charge in [-0.1, -0.05) is 46.3 Å². The standard InChI is InChI=1S/C21H23BrFNO3/c1-14(25)24-21(3,13-27-15(2)26)11-10-16-4-6-17(7-5-16)19-9-8-18(22)12-20(19)23/h4-9,12H,10-11,13H2,1-3H3,(H,24,25). The van der Waals surface area contributed by atoms with Gasteiger partial charge in [0.15, 0.2) is 0 Å². The summed E-state index contributed by atoms with van der Waals surface area (Å²) < 4.78 is 19.9. The van der Waals surface area contributed by atoms with E-state index in [-0.39, 0.29) is 24.3 Å². The van der Waals surface area contributed by atoms with Gasteiger partial charge < -0.3 is 10.1 Å². The van der Waals surface area contributed by atoms with Crippen molar-refractivity contribution in [2.24, 2.45) is 0 Å². The van der Waals surface area contributed by atoms with Gasteiger partial charge >= 0.3 is 5.97 Å². The molecule has 0 spiro atoms. The van der Waals surface area contributed by atoms with E-state index in [1.807, 2.05) is 31.2 Å². The average Bonchev–Trinajstić information content (AvgIpc) is 2.58. The summed E-state index contributed by atoms with van der Waals surface area (Å²) in [6.45, 7) is 4.74. The van der Waals surface area contributed by atoms with Crippen molar-refractivity contribution in [3.63, 3.8) is 0 Å². The van der Waals surface area contributed by atoms with Crippen molar-refractivity contribution in [2.45, 2.75) is 39.2 Å². The maximum absolute atomic E-state index is 14.1. The maximum atomic E-state index is 14.1. The molecule has 2 rings (SSSR count). The highest BCUT2D eigenvalue weighted by Gasteiger charge is 2.26. The van der Waals surface area contributed by atoms with Gasteiger partial charge in [-0.2, -0.15) is 0 Å². The van der Waals surface area contributed by atoms with Gasteiger partial charge in [-0.3, -0.25) is 9.59 Å². The number of benzene rings is 2. The van der Waals surface area contributed by atoms with Crippen LogP contribution < -0.4 is 5.32 Å². The molecule has 2 aromatic rings. The second kappa shape index (κ2) is 9.13. The van der Waals surface area contributed by atoms with Crippen molar-refractivity contribution >= 4 is 27.8 Å². The van der Waals surface area contributed by atoms with Gasteiger partial charge in [0.05, 0.1) is 5.54 Å². The van der Waals surface area contributed by atoms with E-state index in [2.05, 4.69) is 21.2 Å². The van der Waals surface area contributed by atoms with Gasteiger partial charge in [0, 0.05) is 23.9 Å². The van der Waals surface area contributed by atoms with Crippen molar-refractivity contribution in [2.75, 3.05) is 6.61 Å². The summed E-state index contributed by atoms with van der Waals surface area (Å²) in [5.41, 5.74) is 1.75. The van der Waals surface area contributed by atoms with E-state index < -0.39 is 5.54 Å². The van der Waals surface area contributed by atoms with Crippen molar-refractivity contribution in [1.82, 2.24) is 5.32 Å². The molecule has 144 valence electrons. The average molecular weight is 436 g/mol. The van der Waals surface area contributed by atoms with Crippen LogP contribution in [0.25, 0.3) is 11.1 Å². The van der Waals surface area contributed by atoms with E-state index in [4.69, 9.17) is 4.74 Å². The summed E-state index contributed by atoms with van der Waals surface area (Å²) in [4.78, 5) is 22.6. The Balaban J connectivity index is 2.07. The topological polar surface area (TPSA) is 55.4 Å². The lowest BCUT2D eigenvalue weighted by Crippen LogP contribution is -2.49. The van der Waals surface area contributed by atoms with Gasteiger partial charge in [-0.15, -0.1) is 0 Å². The Labute approximate surface area is 167 Å². The zero-order valence-corrected chi connectivity index (χ0v) is 17.2. The minimum atomic E-state index is -0.645. The van der Waals surface area contributed by atoms with Crippen LogP contribution in [0.4, 0.5) is 4.39 Å². The summed E-state index contributed by atoms with van der Waals surface area (Å²) in [7, 11) is 0. The van der Waals surface area contributed by atoms with Crippen molar-refractivity contribution in [3.05, 3.63) is 58.3 Å². The van der Waals surface area contributed by atoms with Crippen LogP contribution >= 0.6 is 15.9 Å². The number of carbonyl (C=O) groups excluding carboxylic acids is 2. The van der Waals surface area contributed by atoms with Crippen LogP contribution in [0.1, 0.15) is 32.8 Å². The van der Waals surface area contributed by atoms with Gasteiger partial charge in [-0.25, -0.2) is 4.39 Å². The first-order valence-electron chi connectivity index (χ1n) is 8.65. The first-order valence-corrected chi connectivity index (χ1v) is 9.44. The number of esters is 1. The SMILES string of the molecule is CC(=O)NC(C)(CCc1ccc(-c2ccc(Br)cc2F)cc1)COC(C)=O. The van der Waals surface area contributed by atoms with Crippen LogP contribution in [-0.2, 0) is 20.7 Å². The molecule has 0 radical (unpaired) electrons. The lowest BCUT2D eigenvalue weighted by molar-refractivity contribution is -0.144. The van der Waals surface area contributed by atoms with Gasteiger partial charge in [0.25, 0.3) is 0 Å². The molecule has 1 atom stereocenters. The molecule has 0 fully saturated rings. The number of hydrogen-bond acceptors (Lipinski definition) is 3. The monoisotopic (exact) mass is 435 g/mol. The van der Waals surface area contributed by atoms with E-state index in [1.54, 1.807) is 12.1 Å². The molecule has 6 heteroatoms. The molecule has 1 unspecified atom stereocenters. The predicted octanol–water partition coefficient (Wildman–Crippen LogP) is 4.65. The molecular weight excluding hydrogens is 413 g/mol. The molecule has 2 aromatic carbocycles. The number of aryl methyl sites for hydroxylation is 1. The van der Waals surface area contributed by atoms with E-state index in [0.29, 0.717) is 22.9 Å². The van der Waals surface area contributed by atoms with Crippen LogP contribution in [0.5, 0.6) is 0 Å². The van der Waals surface area contributed by atoms with E-state index >= 15 is 0 Å². The Morgan fingerprint density at radius 3 is 2.37 bits per heavy atom. The Morgan fingerprint density at radius 1 is 1.15 bits per heavy atom. The quantitative estimate of drug-likeness (QED) is 0.644. The molecule has 0 saturated carbocycles. The lowest BCUT2D eigenvalue weighted by atomic mass is 9.93. The number of carbonyl (C=O) groups is 2. The van der Waals surface area contributed by atoms with Crippen LogP contribution in [0.15, 0.2) is 46.9 Å². The first kappa shape index (κ1) is 21.1. The highest BCUT2D eigenvalue weighted by atomic mass is 79.9. The zero-order valence-electron chi connectivity index (χ0n) is 15.6. The van der Waals surface area contributed by atoms with E-state index in [9.17, 15) is 14.0 Å². The molecule has 0 saturated heterocycles. The molecule has 0 heterocycles. The molecule has 0 aliphatic heterocycles. The van der Waals surface area contributed by atoms with Gasteiger partial charge in [0.2, 0.25) is 5.91 Å². The van der Waals surface area contributed by atoms with Crippen LogP contribution in [0, 0.1) is 5.82 Å². The molecule has 1 N–H and O–H groups in total. The largest absolute Gasteiger partial charge is 0.463 e. The predicted molar refractivity (Wildman–Crippen MR) is 107 cm³/mol. The van der Waals surface area contributed by atoms with Crippen LogP contribution in [-0.4, -0.2) is 24.0 Å². The fourth-order valence-corrected chi connectivity index (χ4v) is 3.18. The van der Waals surface area contributed by atoms with Crippen molar-refractivity contribution in [3.8, 4) is 11.1 Å². The maximum Gasteiger partial charge on any atom is 0.302 e. The Morgan fingerprint density at radius 2 is 1.81 bits per heavy atom. The van der Waals surface area contributed by atoms with Crippen LogP contribution in [0.2, 0.25) is 0 Å². The molecule has 0 aliphatic rings. The Bertz CT molecular complexity index is 823. The minimum Gasteiger partial charge on any atom is -0.463 e. The highest BCUT2D eigenvalue weighted by molar-refractivity contribution is 9.10. The zero-order chi connectivity index (χ0) is 20.0. The molecule has 0 bridgehead atoms. The number of hydrogen-bond donors (Lipinski definition) is 1. The third-order valence-corrected chi connectivity index (χ3v) is 4.73. The molecule has 27 heavy (non-hydrogen) atoms. The second-order valence-corrected chi connectivity index (χ2v) is 7.76. The van der Waals surface area contributed by atoms with E-state index in [0.717, 1.165) is 11.1 Å². The first-order chi connectivity index (χ1) is 12.7. The summed E-state index contributed by atoms with van der Waals surface area (Å²) in [6.07, 6.45) is 1.28. The summed E-state index contributed by atoms with van der Waals surface area (Å²) in [5, 5.41) is 2.86. The third kappa shape index (κ3) is 6.47. The highest BCUT2D eigenvalue weighted by Crippen LogP contribution is 2.26. The fourth-order valence-electron chi connectivity index (χ4n) is 2.85. The van der Waals surface area contributed by atoms with Crippen LogP contribution in [0.3, 0.4) is 0 Å². The second-order valence-electron chi connectivity index (χ2n) is 6.84. The summed E-state index contributed by atoms with van der Waals surface area (Å²) >= 11 is 3.26. The lowest BCUT2D eigenvalue weighted by Gasteiger charge is -2.30. The number of halogens is 2. The summed E-state index contributed by atoms with van der Waals surface area (Å²) in [5.74, 6) is -0.838. The Hall–Kier alpha value is -2.21. The minimum absolute atomic E-state index is 0.115. The number of amides is 1. The molecular formula is C21H23BrFNO3. The van der Waals surface area contributed by atoms with Crippen molar-refractivity contribution < 1.29 is 18.7 Å². The molecule has 0 aliphatic carbocycles. The summed E-state index contributed by atoms with van der Waals surface area (Å²) in [6, 6.07) is 12.6. The number of rotatable bonds is 7. The molecule has 4 nitrogen and oxygen atoms in total.